The van der Waals surface area contributed by atoms with Crippen molar-refractivity contribution in [3.05, 3.63) is 106 Å². The molecule has 0 aromatic heterocycles. The van der Waals surface area contributed by atoms with E-state index in [4.69, 9.17) is 35.3 Å². The third kappa shape index (κ3) is 9.38. The summed E-state index contributed by atoms with van der Waals surface area (Å²) >= 11 is 6.49. The van der Waals surface area contributed by atoms with Gasteiger partial charge in [0.25, 0.3) is 0 Å². The first-order valence-corrected chi connectivity index (χ1v) is 17.8. The van der Waals surface area contributed by atoms with Crippen molar-refractivity contribution in [3.8, 4) is 17.2 Å². The molecule has 9 atom stereocenters. The van der Waals surface area contributed by atoms with Gasteiger partial charge < -0.3 is 59.9 Å². The van der Waals surface area contributed by atoms with Gasteiger partial charge in [-0.1, -0.05) is 54.1 Å². The lowest BCUT2D eigenvalue weighted by molar-refractivity contribution is -0.155. The Morgan fingerprint density at radius 1 is 0.906 bits per heavy atom. The fourth-order valence-electron chi connectivity index (χ4n) is 6.62. The minimum atomic E-state index is -1.48. The third-order valence-corrected chi connectivity index (χ3v) is 9.85. The Bertz CT molecular complexity index is 1790. The van der Waals surface area contributed by atoms with Gasteiger partial charge in [-0.05, 0) is 72.5 Å². The third-order valence-electron chi connectivity index (χ3n) is 9.56. The van der Waals surface area contributed by atoms with Crippen LogP contribution in [0.15, 0.2) is 84.0 Å². The Balaban J connectivity index is 0.974. The highest BCUT2D eigenvalue weighted by Crippen LogP contribution is 2.34. The van der Waals surface area contributed by atoms with Crippen LogP contribution in [0.4, 0.5) is 0 Å². The Morgan fingerprint density at radius 2 is 1.62 bits per heavy atom. The van der Waals surface area contributed by atoms with E-state index in [0.717, 1.165) is 17.7 Å². The van der Waals surface area contributed by atoms with Crippen LogP contribution in [-0.4, -0.2) is 99.9 Å². The molecule has 2 heterocycles. The zero-order valence-electron chi connectivity index (χ0n) is 29.3. The second-order valence-electron chi connectivity index (χ2n) is 13.4. The topological polar surface area (TPSA) is 188 Å². The highest BCUT2D eigenvalue weighted by molar-refractivity contribution is 6.32. The number of rotatable bonds is 13. The lowest BCUT2D eigenvalue weighted by Gasteiger charge is -2.41. The molecule has 3 aliphatic rings. The minimum Gasteiger partial charge on any atom is -0.504 e. The molecule has 0 radical (unpaired) electrons. The SMILES string of the molecule is CC(=Cc1ccc(O[C@H]2C[C@H](O)[C@@H](C(C)=CCOc3ccc(CNCc4ccccc4)cc3Cl)O2)c(O)c1)C(=O)N[C@@H]1[C@H](O)[C@@H](O)[C@H]2OCO[C@H]2[C@@H]1O. The molecule has 2 saturated heterocycles. The van der Waals surface area contributed by atoms with Gasteiger partial charge in [-0.15, -0.1) is 0 Å². The van der Waals surface area contributed by atoms with Crippen LogP contribution < -0.4 is 20.1 Å². The molecular formula is C39H45ClN2O11. The summed E-state index contributed by atoms with van der Waals surface area (Å²) in [6.07, 6.45) is -4.79. The fraction of sp³-hybridized carbons (Fsp3) is 0.410. The molecule has 3 aromatic carbocycles. The van der Waals surface area contributed by atoms with Crippen molar-refractivity contribution in [1.29, 1.82) is 0 Å². The Morgan fingerprint density at radius 3 is 2.36 bits per heavy atom. The van der Waals surface area contributed by atoms with E-state index in [1.54, 1.807) is 6.07 Å². The monoisotopic (exact) mass is 752 g/mol. The summed E-state index contributed by atoms with van der Waals surface area (Å²) in [6.45, 7) is 4.83. The number of carbonyl (C=O) groups excluding carboxylic acids is 1. The number of benzene rings is 3. The van der Waals surface area contributed by atoms with Gasteiger partial charge in [0.2, 0.25) is 12.2 Å². The van der Waals surface area contributed by atoms with Crippen molar-refractivity contribution in [3.63, 3.8) is 0 Å². The smallest absolute Gasteiger partial charge is 0.247 e. The van der Waals surface area contributed by atoms with E-state index < -0.39 is 61.0 Å². The number of ether oxygens (including phenoxy) is 5. The van der Waals surface area contributed by atoms with Crippen LogP contribution in [0.3, 0.4) is 0 Å². The molecule has 0 unspecified atom stereocenters. The molecule has 284 valence electrons. The van der Waals surface area contributed by atoms with Crippen molar-refractivity contribution < 1.29 is 54.0 Å². The molecule has 1 amide bonds. The number of nitrogens with one attached hydrogen (secondary N) is 2. The highest BCUT2D eigenvalue weighted by atomic mass is 35.5. The predicted octanol–water partition coefficient (Wildman–Crippen LogP) is 2.94. The molecule has 1 aliphatic carbocycles. The molecule has 6 rings (SSSR count). The average molecular weight is 753 g/mol. The van der Waals surface area contributed by atoms with Gasteiger partial charge in [0, 0.05) is 25.1 Å². The number of aliphatic hydroxyl groups is 4. The second-order valence-corrected chi connectivity index (χ2v) is 13.8. The minimum absolute atomic E-state index is 0.121. The summed E-state index contributed by atoms with van der Waals surface area (Å²) < 4.78 is 28.3. The number of phenols is 1. The molecule has 0 bridgehead atoms. The first kappa shape index (κ1) is 38.7. The van der Waals surface area contributed by atoms with Gasteiger partial charge in [-0.2, -0.15) is 0 Å². The van der Waals surface area contributed by atoms with E-state index >= 15 is 0 Å². The van der Waals surface area contributed by atoms with Crippen LogP contribution in [0, 0.1) is 0 Å². The van der Waals surface area contributed by atoms with Gasteiger partial charge in [-0.3, -0.25) is 4.79 Å². The van der Waals surface area contributed by atoms with Crippen molar-refractivity contribution in [1.82, 2.24) is 10.6 Å². The lowest BCUT2D eigenvalue weighted by Crippen LogP contribution is -2.67. The number of carbonyl (C=O) groups is 1. The Kier molecular flexibility index (Phi) is 12.7. The van der Waals surface area contributed by atoms with E-state index in [9.17, 15) is 30.3 Å². The summed E-state index contributed by atoms with van der Waals surface area (Å²) in [6, 6.07) is 19.1. The van der Waals surface area contributed by atoms with Crippen molar-refractivity contribution in [2.45, 2.75) is 88.4 Å². The van der Waals surface area contributed by atoms with Crippen LogP contribution in [-0.2, 0) is 32.1 Å². The number of hydrogen-bond donors (Lipinski definition) is 7. The summed E-state index contributed by atoms with van der Waals surface area (Å²) in [5.41, 5.74) is 3.65. The molecule has 13 nitrogen and oxygen atoms in total. The molecule has 3 fully saturated rings. The van der Waals surface area contributed by atoms with Gasteiger partial charge in [0.05, 0.1) is 17.2 Å². The molecule has 2 aliphatic heterocycles. The molecule has 3 aromatic rings. The number of hydrogen-bond acceptors (Lipinski definition) is 12. The maximum Gasteiger partial charge on any atom is 0.247 e. The number of amides is 1. The Labute approximate surface area is 312 Å². The summed E-state index contributed by atoms with van der Waals surface area (Å²) in [5, 5.41) is 59.4. The molecule has 7 N–H and O–H groups in total. The quantitative estimate of drug-likeness (QED) is 0.100. The summed E-state index contributed by atoms with van der Waals surface area (Å²) in [7, 11) is 0. The highest BCUT2D eigenvalue weighted by Gasteiger charge is 2.53. The molecule has 14 heteroatoms. The van der Waals surface area contributed by atoms with Crippen LogP contribution in [0.2, 0.25) is 5.02 Å². The predicted molar refractivity (Wildman–Crippen MR) is 194 cm³/mol. The first-order chi connectivity index (χ1) is 25.5. The number of phenolic OH excluding ortho intramolecular Hbond substituents is 1. The van der Waals surface area contributed by atoms with Crippen molar-refractivity contribution in [2.24, 2.45) is 0 Å². The van der Waals surface area contributed by atoms with E-state index in [1.165, 1.54) is 30.7 Å². The molecule has 1 saturated carbocycles. The van der Waals surface area contributed by atoms with Gasteiger partial charge >= 0.3 is 0 Å². The van der Waals surface area contributed by atoms with Gasteiger partial charge in [-0.25, -0.2) is 0 Å². The van der Waals surface area contributed by atoms with E-state index in [2.05, 4.69) is 22.8 Å². The Hall–Kier alpha value is -4.02. The van der Waals surface area contributed by atoms with Crippen LogP contribution in [0.25, 0.3) is 6.08 Å². The molecule has 0 spiro atoms. The largest absolute Gasteiger partial charge is 0.504 e. The van der Waals surface area contributed by atoms with E-state index in [0.29, 0.717) is 22.9 Å². The molecular weight excluding hydrogens is 708 g/mol. The van der Waals surface area contributed by atoms with E-state index in [-0.39, 0.29) is 36.9 Å². The standard InChI is InChI=1S/C39H45ClN2O11/c1-21(12-13-49-29-10-9-25(15-26(29)40)19-41-18-23-6-4-3-5-7-23)36-28(44)17-31(53-36)52-30-11-8-24(16-27(30)43)14-22(2)39(48)42-32-33(45)35(47)38-37(34(32)46)50-20-51-38/h3-12,14-16,28,31-38,41,43-47H,13,17-20H2,1-2H3,(H,42,48)/t28-,31+,32+,33-,34+,35+,36+,37-,38+/m0/s1. The number of aliphatic hydroxyl groups excluding tert-OH is 4. The van der Waals surface area contributed by atoms with Crippen molar-refractivity contribution >= 4 is 23.6 Å². The number of aromatic hydroxyl groups is 1. The van der Waals surface area contributed by atoms with Gasteiger partial charge in [0.1, 0.15) is 55.8 Å². The normalized spacial score (nSPS) is 28.8. The maximum atomic E-state index is 12.9. The second kappa shape index (κ2) is 17.4. The van der Waals surface area contributed by atoms with Crippen molar-refractivity contribution in [2.75, 3.05) is 13.4 Å². The number of fused-ring (bicyclic) bond motifs is 1. The van der Waals surface area contributed by atoms with Gasteiger partial charge in [0.15, 0.2) is 11.5 Å². The molecule has 53 heavy (non-hydrogen) atoms. The number of halogens is 1. The summed E-state index contributed by atoms with van der Waals surface area (Å²) in [5.74, 6) is -0.157. The van der Waals surface area contributed by atoms with Crippen LogP contribution in [0.5, 0.6) is 17.2 Å². The zero-order chi connectivity index (χ0) is 37.6. The zero-order valence-corrected chi connectivity index (χ0v) is 30.1. The van der Waals surface area contributed by atoms with Crippen LogP contribution >= 0.6 is 11.6 Å². The summed E-state index contributed by atoms with van der Waals surface area (Å²) in [4.78, 5) is 12.9. The van der Waals surface area contributed by atoms with Crippen LogP contribution in [0.1, 0.15) is 37.0 Å². The lowest BCUT2D eigenvalue weighted by atomic mass is 9.83. The maximum absolute atomic E-state index is 12.9. The van der Waals surface area contributed by atoms with E-state index in [1.807, 2.05) is 49.4 Å². The fourth-order valence-corrected chi connectivity index (χ4v) is 6.87. The first-order valence-electron chi connectivity index (χ1n) is 17.4. The average Bonchev–Trinajstić information content (AvgIpc) is 3.78.